The molecule has 31 heavy (non-hydrogen) atoms. The van der Waals surface area contributed by atoms with Crippen LogP contribution in [0.15, 0.2) is 18.5 Å². The Kier molecular flexibility index (Phi) is 10.1. The van der Waals surface area contributed by atoms with Crippen LogP contribution in [-0.4, -0.2) is 48.9 Å². The van der Waals surface area contributed by atoms with Crippen LogP contribution in [0.25, 0.3) is 0 Å². The summed E-state index contributed by atoms with van der Waals surface area (Å²) in [7, 11) is 0. The monoisotopic (exact) mass is 433 g/mol. The van der Waals surface area contributed by atoms with E-state index in [1.807, 2.05) is 40.1 Å². The number of esters is 1. The van der Waals surface area contributed by atoms with Crippen LogP contribution in [-0.2, 0) is 20.7 Å². The van der Waals surface area contributed by atoms with E-state index >= 15 is 0 Å². The lowest BCUT2D eigenvalue weighted by atomic mass is 9.97. The third-order valence-corrected chi connectivity index (χ3v) is 5.25. The van der Waals surface area contributed by atoms with Gasteiger partial charge in [0, 0.05) is 25.8 Å². The minimum Gasteiger partial charge on any atom is -0.466 e. The van der Waals surface area contributed by atoms with E-state index in [4.69, 9.17) is 9.47 Å². The number of pyridine rings is 1. The van der Waals surface area contributed by atoms with Crippen molar-refractivity contribution < 1.29 is 19.1 Å². The van der Waals surface area contributed by atoms with Crippen LogP contribution in [0, 0.1) is 5.92 Å². The third kappa shape index (κ3) is 9.57. The highest BCUT2D eigenvalue weighted by molar-refractivity contribution is 5.73. The number of anilines is 1. The lowest BCUT2D eigenvalue weighted by molar-refractivity contribution is -0.148. The summed E-state index contributed by atoms with van der Waals surface area (Å²) in [5.74, 6) is -0.135. The zero-order valence-electron chi connectivity index (χ0n) is 19.6. The Labute approximate surface area is 186 Å². The van der Waals surface area contributed by atoms with Gasteiger partial charge in [0.15, 0.2) is 0 Å². The molecular formula is C24H39N3O4. The molecular weight excluding hydrogens is 394 g/mol. The molecule has 1 aromatic heterocycles. The second kappa shape index (κ2) is 12.5. The summed E-state index contributed by atoms with van der Waals surface area (Å²) >= 11 is 0. The molecule has 7 nitrogen and oxygen atoms in total. The molecule has 1 aliphatic heterocycles. The van der Waals surface area contributed by atoms with E-state index in [0.717, 1.165) is 57.2 Å². The summed E-state index contributed by atoms with van der Waals surface area (Å²) in [6.45, 7) is 10.2. The fourth-order valence-electron chi connectivity index (χ4n) is 3.76. The first kappa shape index (κ1) is 25.0. The molecule has 1 saturated heterocycles. The molecule has 0 unspecified atom stereocenters. The van der Waals surface area contributed by atoms with Crippen LogP contribution >= 0.6 is 0 Å². The normalized spacial score (nSPS) is 16.6. The van der Waals surface area contributed by atoms with Crippen LogP contribution in [0.5, 0.6) is 0 Å². The summed E-state index contributed by atoms with van der Waals surface area (Å²) in [6.07, 6.45) is 10.5. The van der Waals surface area contributed by atoms with Crippen molar-refractivity contribution in [3.8, 4) is 0 Å². The number of alkyl carbamates (subject to hydrolysis) is 1. The van der Waals surface area contributed by atoms with Gasteiger partial charge in [0.05, 0.1) is 24.4 Å². The summed E-state index contributed by atoms with van der Waals surface area (Å²) in [6, 6.07) is 2.20. The summed E-state index contributed by atoms with van der Waals surface area (Å²) in [5.41, 5.74) is 1.86. The highest BCUT2D eigenvalue weighted by Gasteiger charge is 2.27. The molecule has 1 fully saturated rings. The van der Waals surface area contributed by atoms with Crippen molar-refractivity contribution in [2.75, 3.05) is 31.1 Å². The number of carbonyl (C=O) groups is 2. The van der Waals surface area contributed by atoms with Gasteiger partial charge in [0.1, 0.15) is 5.60 Å². The number of piperidine rings is 1. The topological polar surface area (TPSA) is 80.8 Å². The molecule has 1 atom stereocenters. The first-order valence-corrected chi connectivity index (χ1v) is 11.6. The number of unbranched alkanes of at least 4 members (excludes halogenated alkanes) is 3. The molecule has 7 heteroatoms. The Balaban J connectivity index is 1.68. The molecule has 0 bridgehead atoms. The third-order valence-electron chi connectivity index (χ3n) is 5.25. The van der Waals surface area contributed by atoms with Gasteiger partial charge in [0.2, 0.25) is 0 Å². The zero-order valence-corrected chi connectivity index (χ0v) is 19.6. The van der Waals surface area contributed by atoms with Gasteiger partial charge in [-0.25, -0.2) is 4.79 Å². The maximum Gasteiger partial charge on any atom is 0.407 e. The molecule has 1 N–H and O–H groups in total. The number of ether oxygens (including phenoxy) is 2. The van der Waals surface area contributed by atoms with Gasteiger partial charge in [-0.1, -0.05) is 12.8 Å². The van der Waals surface area contributed by atoms with Gasteiger partial charge in [-0.05, 0) is 71.4 Å². The number of carbonyl (C=O) groups excluding carboxylic acids is 2. The predicted molar refractivity (Wildman–Crippen MR) is 122 cm³/mol. The molecule has 0 spiro atoms. The smallest absolute Gasteiger partial charge is 0.407 e. The Morgan fingerprint density at radius 3 is 2.71 bits per heavy atom. The largest absolute Gasteiger partial charge is 0.466 e. The Bertz CT molecular complexity index is 702. The van der Waals surface area contributed by atoms with Gasteiger partial charge in [-0.2, -0.15) is 0 Å². The SMILES string of the molecule is CCOC(=O)[C@H]1CCCN(c2cncc(CCCCCCNC(=O)OC(C)(C)C)c2)C1. The molecule has 0 radical (unpaired) electrons. The lowest BCUT2D eigenvalue weighted by Crippen LogP contribution is -2.39. The molecule has 2 rings (SSSR count). The molecule has 0 saturated carbocycles. The van der Waals surface area contributed by atoms with E-state index in [-0.39, 0.29) is 18.0 Å². The van der Waals surface area contributed by atoms with Crippen LogP contribution < -0.4 is 10.2 Å². The van der Waals surface area contributed by atoms with E-state index in [1.165, 1.54) is 5.56 Å². The Hall–Kier alpha value is -2.31. The Morgan fingerprint density at radius 1 is 1.19 bits per heavy atom. The standard InChI is InChI=1S/C24H39N3O4/c1-5-30-22(28)20-12-10-14-27(18-20)21-15-19(16-25-17-21)11-8-6-7-9-13-26-23(29)31-24(2,3)4/h15-17,20H,5-14,18H2,1-4H3,(H,26,29)/t20-/m0/s1. The van der Waals surface area contributed by atoms with Crippen molar-refractivity contribution in [3.63, 3.8) is 0 Å². The van der Waals surface area contributed by atoms with Crippen molar-refractivity contribution in [2.45, 2.75) is 78.2 Å². The number of hydrogen-bond donors (Lipinski definition) is 1. The molecule has 1 amide bonds. The Morgan fingerprint density at radius 2 is 1.97 bits per heavy atom. The molecule has 174 valence electrons. The summed E-state index contributed by atoms with van der Waals surface area (Å²) < 4.78 is 10.4. The van der Waals surface area contributed by atoms with Crippen molar-refractivity contribution in [3.05, 3.63) is 24.0 Å². The molecule has 1 aromatic rings. The number of amides is 1. The van der Waals surface area contributed by atoms with Gasteiger partial charge in [0.25, 0.3) is 0 Å². The summed E-state index contributed by atoms with van der Waals surface area (Å²) in [5, 5.41) is 2.80. The maximum absolute atomic E-state index is 12.1. The summed E-state index contributed by atoms with van der Waals surface area (Å²) in [4.78, 5) is 30.4. The van der Waals surface area contributed by atoms with Crippen molar-refractivity contribution in [1.29, 1.82) is 0 Å². The fourth-order valence-corrected chi connectivity index (χ4v) is 3.76. The minimum absolute atomic E-state index is 0.0494. The fraction of sp³-hybridized carbons (Fsp3) is 0.708. The first-order chi connectivity index (χ1) is 14.8. The van der Waals surface area contributed by atoms with E-state index in [9.17, 15) is 9.59 Å². The predicted octanol–water partition coefficient (Wildman–Crippen LogP) is 4.49. The van der Waals surface area contributed by atoms with Crippen LogP contribution in [0.3, 0.4) is 0 Å². The number of hydrogen-bond acceptors (Lipinski definition) is 6. The van der Waals surface area contributed by atoms with Crippen LogP contribution in [0.1, 0.15) is 71.8 Å². The van der Waals surface area contributed by atoms with E-state index in [0.29, 0.717) is 19.7 Å². The molecule has 0 aromatic carbocycles. The first-order valence-electron chi connectivity index (χ1n) is 11.6. The van der Waals surface area contributed by atoms with E-state index in [2.05, 4.69) is 21.3 Å². The number of aryl methyl sites for hydroxylation is 1. The molecule has 0 aliphatic carbocycles. The number of nitrogens with one attached hydrogen (secondary N) is 1. The second-order valence-electron chi connectivity index (χ2n) is 9.18. The van der Waals surface area contributed by atoms with Crippen LogP contribution in [0.4, 0.5) is 10.5 Å². The van der Waals surface area contributed by atoms with Gasteiger partial charge in [-0.3, -0.25) is 9.78 Å². The molecule has 1 aliphatic rings. The number of aromatic nitrogens is 1. The van der Waals surface area contributed by atoms with Crippen LogP contribution in [0.2, 0.25) is 0 Å². The van der Waals surface area contributed by atoms with E-state index in [1.54, 1.807) is 0 Å². The maximum atomic E-state index is 12.1. The van der Waals surface area contributed by atoms with Crippen molar-refractivity contribution >= 4 is 17.7 Å². The minimum atomic E-state index is -0.458. The number of rotatable bonds is 10. The zero-order chi connectivity index (χ0) is 22.7. The average Bonchev–Trinajstić information content (AvgIpc) is 2.72. The lowest BCUT2D eigenvalue weighted by Gasteiger charge is -2.33. The van der Waals surface area contributed by atoms with Gasteiger partial charge < -0.3 is 19.7 Å². The quantitative estimate of drug-likeness (QED) is 0.433. The van der Waals surface area contributed by atoms with Gasteiger partial charge >= 0.3 is 12.1 Å². The highest BCUT2D eigenvalue weighted by Crippen LogP contribution is 2.24. The van der Waals surface area contributed by atoms with Crippen molar-refractivity contribution in [1.82, 2.24) is 10.3 Å². The average molecular weight is 434 g/mol. The number of nitrogens with zero attached hydrogens (tertiary/aromatic N) is 2. The van der Waals surface area contributed by atoms with Gasteiger partial charge in [-0.15, -0.1) is 0 Å². The highest BCUT2D eigenvalue weighted by atomic mass is 16.6. The second-order valence-corrected chi connectivity index (χ2v) is 9.18. The molecule has 2 heterocycles. The van der Waals surface area contributed by atoms with E-state index < -0.39 is 5.60 Å². The van der Waals surface area contributed by atoms with Crippen molar-refractivity contribution in [2.24, 2.45) is 5.92 Å².